The van der Waals surface area contributed by atoms with E-state index in [-0.39, 0.29) is 0 Å². The van der Waals surface area contributed by atoms with Crippen LogP contribution in [-0.4, -0.2) is 9.79 Å². The van der Waals surface area contributed by atoms with Crippen molar-refractivity contribution in [2.24, 2.45) is 0 Å². The van der Waals surface area contributed by atoms with E-state index in [1.807, 2.05) is 0 Å². The molecule has 1 aromatic rings. The first kappa shape index (κ1) is 19.4. The van der Waals surface area contributed by atoms with Gasteiger partial charge in [0.05, 0.1) is 0 Å². The first-order valence-corrected chi connectivity index (χ1v) is 9.79. The maximum Gasteiger partial charge on any atom is 0.391 e. The maximum absolute atomic E-state index is 9.31. The number of benzene rings is 1. The zero-order valence-corrected chi connectivity index (χ0v) is 15.2. The van der Waals surface area contributed by atoms with Crippen LogP contribution in [0.4, 0.5) is 0 Å². The van der Waals surface area contributed by atoms with Crippen LogP contribution < -0.4 is 4.52 Å². The molecule has 0 bridgehead atoms. The van der Waals surface area contributed by atoms with Crippen LogP contribution in [0.25, 0.3) is 0 Å². The second-order valence-electron chi connectivity index (χ2n) is 5.90. The second kappa shape index (κ2) is 11.0. The highest BCUT2D eigenvalue weighted by Gasteiger charge is 2.15. The average molecular weight is 326 g/mol. The highest BCUT2D eigenvalue weighted by Crippen LogP contribution is 2.37. The first-order chi connectivity index (χ1) is 10.6. The topological polar surface area (TPSA) is 49.7 Å². The Balaban J connectivity index is 3.13. The molecule has 0 fully saturated rings. The summed E-state index contributed by atoms with van der Waals surface area (Å²) in [6, 6.07) is 4.41. The lowest BCUT2D eigenvalue weighted by molar-refractivity contribution is 0.371. The molecule has 0 heterocycles. The van der Waals surface area contributed by atoms with E-state index < -0.39 is 8.60 Å². The van der Waals surface area contributed by atoms with Gasteiger partial charge in [0, 0.05) is 0 Å². The van der Waals surface area contributed by atoms with Gasteiger partial charge in [-0.1, -0.05) is 52.2 Å². The third-order valence-corrected chi connectivity index (χ3v) is 4.24. The lowest BCUT2D eigenvalue weighted by Crippen LogP contribution is -2.01. The SMILES string of the molecule is CCCCc1cc(CCCC)c(OP(O)O)c(CCCC)c1. The van der Waals surface area contributed by atoms with Gasteiger partial charge in [0.2, 0.25) is 0 Å². The molecule has 2 N–H and O–H groups in total. The molecule has 0 unspecified atom stereocenters. The van der Waals surface area contributed by atoms with Gasteiger partial charge >= 0.3 is 8.60 Å². The molecule has 126 valence electrons. The maximum atomic E-state index is 9.31. The van der Waals surface area contributed by atoms with Crippen LogP contribution >= 0.6 is 8.60 Å². The largest absolute Gasteiger partial charge is 0.426 e. The van der Waals surface area contributed by atoms with E-state index in [9.17, 15) is 9.79 Å². The second-order valence-corrected chi connectivity index (χ2v) is 6.59. The molecule has 0 saturated heterocycles. The fraction of sp³-hybridized carbons (Fsp3) is 0.667. The lowest BCUT2D eigenvalue weighted by atomic mass is 9.95. The lowest BCUT2D eigenvalue weighted by Gasteiger charge is -2.18. The van der Waals surface area contributed by atoms with Crippen molar-refractivity contribution in [3.8, 4) is 5.75 Å². The molecular formula is C18H31O3P. The van der Waals surface area contributed by atoms with E-state index in [4.69, 9.17) is 4.52 Å². The van der Waals surface area contributed by atoms with E-state index in [0.717, 1.165) is 61.8 Å². The fourth-order valence-electron chi connectivity index (χ4n) is 2.66. The Bertz CT molecular complexity index is 403. The quantitative estimate of drug-likeness (QED) is 0.542. The Kier molecular flexibility index (Phi) is 9.70. The zero-order chi connectivity index (χ0) is 16.4. The van der Waals surface area contributed by atoms with Gasteiger partial charge in [0.25, 0.3) is 0 Å². The third kappa shape index (κ3) is 6.64. The first-order valence-electron chi connectivity index (χ1n) is 8.62. The average Bonchev–Trinajstić information content (AvgIpc) is 2.50. The third-order valence-electron chi connectivity index (χ3n) is 3.89. The van der Waals surface area contributed by atoms with Crippen molar-refractivity contribution >= 4 is 8.60 Å². The van der Waals surface area contributed by atoms with Crippen LogP contribution in [0.2, 0.25) is 0 Å². The van der Waals surface area contributed by atoms with Crippen molar-refractivity contribution in [1.82, 2.24) is 0 Å². The van der Waals surface area contributed by atoms with Crippen molar-refractivity contribution in [3.63, 3.8) is 0 Å². The van der Waals surface area contributed by atoms with Gasteiger partial charge in [-0.25, -0.2) is 0 Å². The van der Waals surface area contributed by atoms with E-state index >= 15 is 0 Å². The molecule has 0 atom stereocenters. The summed E-state index contributed by atoms with van der Waals surface area (Å²) in [4.78, 5) is 18.6. The molecule has 1 aromatic carbocycles. The highest BCUT2D eigenvalue weighted by atomic mass is 31.2. The monoisotopic (exact) mass is 326 g/mol. The van der Waals surface area contributed by atoms with Crippen LogP contribution in [0.15, 0.2) is 12.1 Å². The number of hydrogen-bond acceptors (Lipinski definition) is 3. The molecule has 0 aliphatic heterocycles. The smallest absolute Gasteiger partial charge is 0.391 e. The number of hydrogen-bond donors (Lipinski definition) is 2. The Morgan fingerprint density at radius 3 is 1.68 bits per heavy atom. The summed E-state index contributed by atoms with van der Waals surface area (Å²) >= 11 is 0. The molecule has 0 aliphatic carbocycles. The number of unbranched alkanes of at least 4 members (excludes halogenated alkanes) is 3. The van der Waals surface area contributed by atoms with E-state index in [1.165, 1.54) is 18.4 Å². The standard InChI is InChI=1S/C18H31O3P/c1-4-7-10-15-13-16(11-8-5-2)18(21-22(19)20)17(14-15)12-9-6-3/h13-14,19-20H,4-12H2,1-3H3. The van der Waals surface area contributed by atoms with Crippen molar-refractivity contribution in [2.45, 2.75) is 78.6 Å². The van der Waals surface area contributed by atoms with E-state index in [2.05, 4.69) is 32.9 Å². The summed E-state index contributed by atoms with van der Waals surface area (Å²) < 4.78 is 5.41. The molecule has 0 amide bonds. The summed E-state index contributed by atoms with van der Waals surface area (Å²) in [6.07, 6.45) is 9.76. The van der Waals surface area contributed by atoms with Crippen molar-refractivity contribution < 1.29 is 14.3 Å². The van der Waals surface area contributed by atoms with Gasteiger partial charge in [-0.3, -0.25) is 0 Å². The van der Waals surface area contributed by atoms with Crippen molar-refractivity contribution in [1.29, 1.82) is 0 Å². The molecule has 22 heavy (non-hydrogen) atoms. The molecule has 3 nitrogen and oxygen atoms in total. The van der Waals surface area contributed by atoms with Gasteiger partial charge in [-0.05, 0) is 55.2 Å². The minimum atomic E-state index is -2.36. The van der Waals surface area contributed by atoms with Crippen LogP contribution in [0.1, 0.15) is 76.0 Å². The van der Waals surface area contributed by atoms with Crippen molar-refractivity contribution in [3.05, 3.63) is 28.8 Å². The summed E-state index contributed by atoms with van der Waals surface area (Å²) in [5, 5.41) is 0. The zero-order valence-electron chi connectivity index (χ0n) is 14.3. The number of rotatable bonds is 11. The van der Waals surface area contributed by atoms with Crippen LogP contribution in [0, 0.1) is 0 Å². The van der Waals surface area contributed by atoms with Gasteiger partial charge < -0.3 is 14.3 Å². The molecule has 1 rings (SSSR count). The van der Waals surface area contributed by atoms with E-state index in [0.29, 0.717) is 0 Å². The van der Waals surface area contributed by atoms with Gasteiger partial charge in [-0.2, -0.15) is 0 Å². The Labute approximate surface area is 136 Å². The van der Waals surface area contributed by atoms with Gasteiger partial charge in [0.1, 0.15) is 5.75 Å². The Morgan fingerprint density at radius 2 is 1.27 bits per heavy atom. The molecule has 0 aliphatic rings. The molecule has 0 saturated carbocycles. The highest BCUT2D eigenvalue weighted by molar-refractivity contribution is 7.39. The van der Waals surface area contributed by atoms with Crippen molar-refractivity contribution in [2.75, 3.05) is 0 Å². The van der Waals surface area contributed by atoms with Crippen LogP contribution in [-0.2, 0) is 19.3 Å². The minimum Gasteiger partial charge on any atom is -0.426 e. The minimum absolute atomic E-state index is 0.721. The number of aryl methyl sites for hydroxylation is 3. The summed E-state index contributed by atoms with van der Waals surface area (Å²) in [7, 11) is -2.36. The predicted molar refractivity (Wildman–Crippen MR) is 94.3 cm³/mol. The Hall–Kier alpha value is -0.630. The predicted octanol–water partition coefficient (Wildman–Crippen LogP) is 5.30. The molecule has 0 aromatic heterocycles. The van der Waals surface area contributed by atoms with Gasteiger partial charge in [-0.15, -0.1) is 0 Å². The summed E-state index contributed by atoms with van der Waals surface area (Å²) in [5.74, 6) is 0.721. The molecule has 4 heteroatoms. The van der Waals surface area contributed by atoms with E-state index in [1.54, 1.807) is 0 Å². The van der Waals surface area contributed by atoms with Crippen LogP contribution in [0.3, 0.4) is 0 Å². The normalized spacial score (nSPS) is 11.2. The Morgan fingerprint density at radius 1 is 0.818 bits per heavy atom. The van der Waals surface area contributed by atoms with Gasteiger partial charge in [0.15, 0.2) is 0 Å². The summed E-state index contributed by atoms with van der Waals surface area (Å²) in [6.45, 7) is 6.55. The molecule has 0 radical (unpaired) electrons. The fourth-order valence-corrected chi connectivity index (χ4v) is 3.05. The van der Waals surface area contributed by atoms with Crippen LogP contribution in [0.5, 0.6) is 5.75 Å². The molecule has 0 spiro atoms. The summed E-state index contributed by atoms with van der Waals surface area (Å²) in [5.41, 5.74) is 3.63. The molecular weight excluding hydrogens is 295 g/mol.